The maximum absolute atomic E-state index is 13.5. The van der Waals surface area contributed by atoms with Gasteiger partial charge in [-0.05, 0) is 12.8 Å². The van der Waals surface area contributed by atoms with Gasteiger partial charge in [0.15, 0.2) is 24.7 Å². The fourth-order valence-corrected chi connectivity index (χ4v) is 4.81. The van der Waals surface area contributed by atoms with Crippen molar-refractivity contribution in [1.82, 2.24) is 19.6 Å². The van der Waals surface area contributed by atoms with Gasteiger partial charge in [0.05, 0.1) is 13.1 Å². The van der Waals surface area contributed by atoms with E-state index in [-0.39, 0.29) is 18.4 Å². The summed E-state index contributed by atoms with van der Waals surface area (Å²) in [5.41, 5.74) is 0.759. The van der Waals surface area contributed by atoms with Crippen LogP contribution in [0.15, 0.2) is 17.3 Å². The molecule has 4 heterocycles. The quantitative estimate of drug-likeness (QED) is 0.567. The molecule has 0 N–H and O–H groups in total. The van der Waals surface area contributed by atoms with Crippen molar-refractivity contribution in [3.05, 3.63) is 12.3 Å². The number of imide groups is 1. The highest BCUT2D eigenvalue weighted by molar-refractivity contribution is 6.31. The summed E-state index contributed by atoms with van der Waals surface area (Å²) in [6, 6.07) is -0.524. The molecule has 0 aliphatic carbocycles. The maximum atomic E-state index is 13.5. The third kappa shape index (κ3) is 4.18. The van der Waals surface area contributed by atoms with E-state index in [4.69, 9.17) is 0 Å². The number of piperazine rings is 1. The minimum atomic E-state index is -0.733. The highest BCUT2D eigenvalue weighted by Crippen LogP contribution is 2.24. The Morgan fingerprint density at radius 1 is 1.03 bits per heavy atom. The van der Waals surface area contributed by atoms with Crippen molar-refractivity contribution < 1.29 is 23.8 Å². The Kier molecular flexibility index (Phi) is 6.38. The van der Waals surface area contributed by atoms with Crippen LogP contribution in [-0.4, -0.2) is 112 Å². The molecule has 3 saturated heterocycles. The first-order chi connectivity index (χ1) is 15.4. The number of carbonyl (C=O) groups is 4. The fraction of sp³-hybridized carbons (Fsp3) is 0.636. The number of amides is 5. The number of nitrogens with zero attached hydrogens (tertiary/aromatic N) is 6. The van der Waals surface area contributed by atoms with E-state index in [1.165, 1.54) is 4.90 Å². The van der Waals surface area contributed by atoms with Gasteiger partial charge < -0.3 is 9.80 Å². The third-order valence-electron chi connectivity index (χ3n) is 6.72. The van der Waals surface area contributed by atoms with Crippen LogP contribution in [0.3, 0.4) is 0 Å². The molecule has 10 heteroatoms. The molecule has 0 saturated carbocycles. The first kappa shape index (κ1) is 22.2. The van der Waals surface area contributed by atoms with Crippen LogP contribution < -0.4 is 0 Å². The zero-order chi connectivity index (χ0) is 22.8. The van der Waals surface area contributed by atoms with E-state index in [2.05, 4.69) is 9.57 Å². The van der Waals surface area contributed by atoms with Gasteiger partial charge in [-0.1, -0.05) is 12.8 Å². The van der Waals surface area contributed by atoms with Crippen LogP contribution in [0, 0.1) is 5.92 Å². The van der Waals surface area contributed by atoms with Gasteiger partial charge in [0, 0.05) is 39.3 Å². The molecular formula is C22H31N6O4+. The standard InChI is InChI=1S/C22H31N6O4/c1-16(29)25-11-13-26(14-12-25)17-7-8-23-20-19(17)21(31)28(22(32)24(20)2)15-18(30)27-9-5-3-4-6-10-27/h7-8,19H,3-6,9-15H2,1-2H3/q+1. The number of fused-ring (bicyclic) bond motifs is 1. The van der Waals surface area contributed by atoms with Crippen LogP contribution >= 0.6 is 0 Å². The van der Waals surface area contributed by atoms with E-state index in [0.717, 1.165) is 36.3 Å². The first-order valence-electron chi connectivity index (χ1n) is 11.4. The normalized spacial score (nSPS) is 24.4. The van der Waals surface area contributed by atoms with Crippen molar-refractivity contribution in [2.45, 2.75) is 32.6 Å². The Labute approximate surface area is 187 Å². The molecule has 4 rings (SSSR count). The van der Waals surface area contributed by atoms with Gasteiger partial charge in [0.1, 0.15) is 12.4 Å². The summed E-state index contributed by atoms with van der Waals surface area (Å²) >= 11 is 0. The summed E-state index contributed by atoms with van der Waals surface area (Å²) in [4.78, 5) is 61.4. The number of hydrogen-bond acceptors (Lipinski definition) is 5. The molecule has 0 bridgehead atoms. The predicted molar refractivity (Wildman–Crippen MR) is 117 cm³/mol. The van der Waals surface area contributed by atoms with Crippen LogP contribution in [0.25, 0.3) is 0 Å². The fourth-order valence-electron chi connectivity index (χ4n) is 4.81. The minimum absolute atomic E-state index is 0.0355. The number of amidine groups is 1. The molecule has 32 heavy (non-hydrogen) atoms. The molecule has 0 aromatic rings. The third-order valence-corrected chi connectivity index (χ3v) is 6.72. The van der Waals surface area contributed by atoms with Gasteiger partial charge in [-0.2, -0.15) is 0 Å². The molecule has 172 valence electrons. The maximum Gasteiger partial charge on any atom is 0.332 e. The van der Waals surface area contributed by atoms with E-state index >= 15 is 0 Å². The molecular weight excluding hydrogens is 412 g/mol. The number of allylic oxidation sites excluding steroid dienone is 1. The number of aliphatic imine (C=N–C) groups is 1. The lowest BCUT2D eigenvalue weighted by molar-refractivity contribution is -0.538. The molecule has 4 aliphatic heterocycles. The summed E-state index contributed by atoms with van der Waals surface area (Å²) in [5, 5.41) is 0. The predicted octanol–water partition coefficient (Wildman–Crippen LogP) is 0.141. The molecule has 1 unspecified atom stereocenters. The van der Waals surface area contributed by atoms with Crippen molar-refractivity contribution in [2.75, 3.05) is 52.9 Å². The second-order valence-corrected chi connectivity index (χ2v) is 8.72. The lowest BCUT2D eigenvalue weighted by Crippen LogP contribution is -2.63. The zero-order valence-corrected chi connectivity index (χ0v) is 18.8. The number of hydrogen-bond donors (Lipinski definition) is 0. The van der Waals surface area contributed by atoms with Crippen molar-refractivity contribution in [3.8, 4) is 0 Å². The summed E-state index contributed by atoms with van der Waals surface area (Å²) in [7, 11) is 1.59. The van der Waals surface area contributed by atoms with E-state index in [1.807, 2.05) is 0 Å². The first-order valence-corrected chi connectivity index (χ1v) is 11.4. The molecule has 3 fully saturated rings. The smallest absolute Gasteiger partial charge is 0.332 e. The highest BCUT2D eigenvalue weighted by Gasteiger charge is 2.49. The summed E-state index contributed by atoms with van der Waals surface area (Å²) in [6.45, 7) is 4.99. The van der Waals surface area contributed by atoms with E-state index < -0.39 is 17.9 Å². The van der Waals surface area contributed by atoms with Crippen LogP contribution in [0.5, 0.6) is 0 Å². The lowest BCUT2D eigenvalue weighted by atomic mass is 9.94. The lowest BCUT2D eigenvalue weighted by Gasteiger charge is -2.38. The average molecular weight is 444 g/mol. The Morgan fingerprint density at radius 3 is 2.31 bits per heavy atom. The molecule has 5 amide bonds. The summed E-state index contributed by atoms with van der Waals surface area (Å²) in [6.07, 6.45) is 7.49. The average Bonchev–Trinajstić information content (AvgIpc) is 3.09. The van der Waals surface area contributed by atoms with Gasteiger partial charge in [0.2, 0.25) is 11.8 Å². The monoisotopic (exact) mass is 443 g/mol. The molecule has 4 aliphatic rings. The van der Waals surface area contributed by atoms with Gasteiger partial charge in [-0.25, -0.2) is 14.4 Å². The SMILES string of the molecule is CC(=O)N1CC[N+](=C2C=CN=C3C2C(=O)N(CC(=O)N2CCCCCC2)C(=O)N3C)CC1. The van der Waals surface area contributed by atoms with Gasteiger partial charge >= 0.3 is 6.03 Å². The zero-order valence-electron chi connectivity index (χ0n) is 18.8. The highest BCUT2D eigenvalue weighted by atomic mass is 16.2. The molecule has 0 aromatic heterocycles. The molecule has 0 aromatic carbocycles. The molecule has 0 spiro atoms. The number of urea groups is 1. The van der Waals surface area contributed by atoms with Crippen molar-refractivity contribution in [3.63, 3.8) is 0 Å². The second kappa shape index (κ2) is 9.22. The Bertz CT molecular complexity index is 905. The Balaban J connectivity index is 1.56. The molecule has 10 nitrogen and oxygen atoms in total. The van der Waals surface area contributed by atoms with E-state index in [0.29, 0.717) is 45.1 Å². The number of likely N-dealkylation sites (tertiary alicyclic amines) is 1. The topological polar surface area (TPSA) is 96.6 Å². The van der Waals surface area contributed by atoms with Crippen molar-refractivity contribution >= 4 is 35.3 Å². The minimum Gasteiger partial charge on any atom is -0.341 e. The van der Waals surface area contributed by atoms with Gasteiger partial charge in [0.25, 0.3) is 5.91 Å². The molecule has 0 radical (unpaired) electrons. The van der Waals surface area contributed by atoms with Gasteiger partial charge in [-0.3, -0.25) is 24.2 Å². The largest absolute Gasteiger partial charge is 0.341 e. The molecule has 1 atom stereocenters. The number of rotatable bonds is 2. The van der Waals surface area contributed by atoms with Crippen LogP contribution in [0.4, 0.5) is 4.79 Å². The number of carbonyl (C=O) groups excluding carboxylic acids is 4. The van der Waals surface area contributed by atoms with Crippen molar-refractivity contribution in [1.29, 1.82) is 0 Å². The second-order valence-electron chi connectivity index (χ2n) is 8.72. The van der Waals surface area contributed by atoms with E-state index in [1.54, 1.807) is 36.0 Å². The van der Waals surface area contributed by atoms with Crippen LogP contribution in [-0.2, 0) is 14.4 Å². The Morgan fingerprint density at radius 2 is 1.69 bits per heavy atom. The summed E-state index contributed by atoms with van der Waals surface area (Å²) in [5.74, 6) is -0.921. The Hall–Kier alpha value is -3.04. The van der Waals surface area contributed by atoms with Crippen LogP contribution in [0.2, 0.25) is 0 Å². The van der Waals surface area contributed by atoms with E-state index in [9.17, 15) is 19.2 Å². The van der Waals surface area contributed by atoms with Gasteiger partial charge in [-0.15, -0.1) is 0 Å². The summed E-state index contributed by atoms with van der Waals surface area (Å²) < 4.78 is 2.08. The van der Waals surface area contributed by atoms with Crippen LogP contribution in [0.1, 0.15) is 32.6 Å². The van der Waals surface area contributed by atoms with Crippen molar-refractivity contribution in [2.24, 2.45) is 10.9 Å².